The summed E-state index contributed by atoms with van der Waals surface area (Å²) in [5.74, 6) is 1.35. The van der Waals surface area contributed by atoms with E-state index in [-0.39, 0.29) is 12.5 Å². The van der Waals surface area contributed by atoms with E-state index in [2.05, 4.69) is 14.9 Å². The highest BCUT2D eigenvalue weighted by Crippen LogP contribution is 2.25. The third-order valence-electron chi connectivity index (χ3n) is 6.83. The molecule has 2 aromatic carbocycles. The number of aromatic amines is 2. The Labute approximate surface area is 219 Å². The molecule has 38 heavy (non-hydrogen) atoms. The van der Waals surface area contributed by atoms with Crippen molar-refractivity contribution in [3.8, 4) is 22.8 Å². The largest absolute Gasteiger partial charge is 0.497 e. The number of nitrogens with zero attached hydrogens (tertiary/aromatic N) is 3. The molecule has 2 N–H and O–H groups in total. The molecule has 1 saturated heterocycles. The smallest absolute Gasteiger partial charge is 0.328 e. The van der Waals surface area contributed by atoms with E-state index < -0.39 is 11.2 Å². The Bertz CT molecular complexity index is 1530. The number of rotatable bonds is 8. The van der Waals surface area contributed by atoms with Crippen molar-refractivity contribution in [2.45, 2.75) is 19.9 Å². The van der Waals surface area contributed by atoms with Crippen LogP contribution in [0.15, 0.2) is 64.2 Å². The number of amides is 1. The number of nitrogens with one attached hydrogen (secondary N) is 2. The van der Waals surface area contributed by atoms with Gasteiger partial charge in [-0.05, 0) is 66.6 Å². The maximum atomic E-state index is 12.7. The van der Waals surface area contributed by atoms with Crippen molar-refractivity contribution in [1.82, 2.24) is 19.4 Å². The highest BCUT2D eigenvalue weighted by Gasteiger charge is 2.22. The number of hydrogen-bond acceptors (Lipinski definition) is 6. The van der Waals surface area contributed by atoms with E-state index in [1.165, 1.54) is 0 Å². The predicted molar refractivity (Wildman–Crippen MR) is 146 cm³/mol. The molecule has 1 aliphatic rings. The average molecular weight is 518 g/mol. The normalized spacial score (nSPS) is 13.6. The van der Waals surface area contributed by atoms with Crippen LogP contribution in [0.5, 0.6) is 11.5 Å². The summed E-state index contributed by atoms with van der Waals surface area (Å²) in [6.07, 6.45) is 0.769. The summed E-state index contributed by atoms with van der Waals surface area (Å²) in [6.45, 7) is 5.24. The molecule has 0 atom stereocenters. The number of benzene rings is 2. The van der Waals surface area contributed by atoms with Gasteiger partial charge < -0.3 is 24.3 Å². The van der Waals surface area contributed by atoms with Gasteiger partial charge in [-0.15, -0.1) is 0 Å². The maximum absolute atomic E-state index is 12.7. The number of aryl methyl sites for hydroxylation is 1. The fourth-order valence-electron chi connectivity index (χ4n) is 4.74. The Balaban J connectivity index is 1.18. The van der Waals surface area contributed by atoms with E-state index in [4.69, 9.17) is 9.47 Å². The molecular formula is C28H31N5O5. The van der Waals surface area contributed by atoms with Crippen LogP contribution < -0.4 is 25.6 Å². The van der Waals surface area contributed by atoms with E-state index in [0.29, 0.717) is 36.4 Å². The second-order valence-electron chi connectivity index (χ2n) is 9.23. The third-order valence-corrected chi connectivity index (χ3v) is 6.83. The first-order valence-corrected chi connectivity index (χ1v) is 12.7. The number of aromatic nitrogens is 3. The van der Waals surface area contributed by atoms with Crippen LogP contribution in [0.1, 0.15) is 13.3 Å². The van der Waals surface area contributed by atoms with Crippen molar-refractivity contribution in [3.63, 3.8) is 0 Å². The molecule has 0 spiro atoms. The van der Waals surface area contributed by atoms with Crippen molar-refractivity contribution >= 4 is 22.6 Å². The van der Waals surface area contributed by atoms with Crippen molar-refractivity contribution in [3.05, 3.63) is 75.4 Å². The minimum absolute atomic E-state index is 0.0348. The molecule has 0 saturated carbocycles. The zero-order valence-corrected chi connectivity index (χ0v) is 21.5. The molecule has 0 aliphatic carbocycles. The first-order chi connectivity index (χ1) is 18.5. The summed E-state index contributed by atoms with van der Waals surface area (Å²) < 4.78 is 12.6. The van der Waals surface area contributed by atoms with Crippen LogP contribution in [0.2, 0.25) is 0 Å². The fraction of sp³-hybridized carbons (Fsp3) is 0.321. The van der Waals surface area contributed by atoms with E-state index in [9.17, 15) is 14.4 Å². The second-order valence-corrected chi connectivity index (χ2v) is 9.23. The van der Waals surface area contributed by atoms with Crippen LogP contribution in [0.25, 0.3) is 22.3 Å². The minimum Gasteiger partial charge on any atom is -0.497 e. The van der Waals surface area contributed by atoms with E-state index >= 15 is 0 Å². The molecule has 10 heteroatoms. The molecular weight excluding hydrogens is 486 g/mol. The Kier molecular flexibility index (Phi) is 7.21. The van der Waals surface area contributed by atoms with Gasteiger partial charge in [0.15, 0.2) is 6.61 Å². The lowest BCUT2D eigenvalue weighted by atomic mass is 10.1. The molecule has 1 fully saturated rings. The van der Waals surface area contributed by atoms with Gasteiger partial charge in [0.25, 0.3) is 11.5 Å². The molecule has 0 bridgehead atoms. The number of fused-ring (bicyclic) bond motifs is 1. The summed E-state index contributed by atoms with van der Waals surface area (Å²) in [5.41, 5.74) is 2.77. The molecule has 198 valence electrons. The van der Waals surface area contributed by atoms with Crippen LogP contribution in [0, 0.1) is 0 Å². The first-order valence-electron chi connectivity index (χ1n) is 12.7. The summed E-state index contributed by atoms with van der Waals surface area (Å²) in [5, 5.41) is 0. The zero-order chi connectivity index (χ0) is 26.6. The van der Waals surface area contributed by atoms with E-state index in [1.807, 2.05) is 54.3 Å². The molecule has 0 radical (unpaired) electrons. The number of H-pyrrole nitrogens is 2. The van der Waals surface area contributed by atoms with Gasteiger partial charge >= 0.3 is 5.69 Å². The Morgan fingerprint density at radius 1 is 0.921 bits per heavy atom. The van der Waals surface area contributed by atoms with Gasteiger partial charge in [0.05, 0.1) is 12.6 Å². The monoisotopic (exact) mass is 517 g/mol. The van der Waals surface area contributed by atoms with Gasteiger partial charge in [-0.2, -0.15) is 0 Å². The van der Waals surface area contributed by atoms with Crippen molar-refractivity contribution in [2.24, 2.45) is 0 Å². The molecule has 2 aromatic heterocycles. The van der Waals surface area contributed by atoms with Crippen molar-refractivity contribution < 1.29 is 14.3 Å². The molecule has 3 heterocycles. The lowest BCUT2D eigenvalue weighted by molar-refractivity contribution is -0.133. The number of hydrogen-bond donors (Lipinski definition) is 2. The van der Waals surface area contributed by atoms with Gasteiger partial charge in [0.2, 0.25) is 0 Å². The highest BCUT2D eigenvalue weighted by atomic mass is 16.5. The van der Waals surface area contributed by atoms with E-state index in [0.717, 1.165) is 42.2 Å². The van der Waals surface area contributed by atoms with Crippen molar-refractivity contribution in [2.75, 3.05) is 44.8 Å². The van der Waals surface area contributed by atoms with Gasteiger partial charge in [0.1, 0.15) is 17.0 Å². The van der Waals surface area contributed by atoms with Crippen LogP contribution >= 0.6 is 0 Å². The Morgan fingerprint density at radius 2 is 1.61 bits per heavy atom. The maximum Gasteiger partial charge on any atom is 0.328 e. The molecule has 5 rings (SSSR count). The number of piperazine rings is 1. The molecule has 1 aliphatic heterocycles. The average Bonchev–Trinajstić information content (AvgIpc) is 3.40. The van der Waals surface area contributed by atoms with E-state index in [1.54, 1.807) is 23.8 Å². The quantitative estimate of drug-likeness (QED) is 0.372. The predicted octanol–water partition coefficient (Wildman–Crippen LogP) is 2.83. The molecule has 10 nitrogen and oxygen atoms in total. The minimum atomic E-state index is -0.438. The summed E-state index contributed by atoms with van der Waals surface area (Å²) in [4.78, 5) is 46.8. The van der Waals surface area contributed by atoms with Crippen LogP contribution in [-0.4, -0.2) is 65.2 Å². The second kappa shape index (κ2) is 10.9. The topological polar surface area (TPSA) is 113 Å². The fourth-order valence-corrected chi connectivity index (χ4v) is 4.74. The number of ether oxygens (including phenoxy) is 2. The molecule has 1 amide bonds. The third kappa shape index (κ3) is 5.15. The van der Waals surface area contributed by atoms with Gasteiger partial charge in [-0.25, -0.2) is 4.79 Å². The van der Waals surface area contributed by atoms with Gasteiger partial charge in [-0.3, -0.25) is 19.1 Å². The number of anilines is 1. The zero-order valence-electron chi connectivity index (χ0n) is 21.5. The van der Waals surface area contributed by atoms with Crippen molar-refractivity contribution in [1.29, 1.82) is 0 Å². The lowest BCUT2D eigenvalue weighted by Gasteiger charge is -2.36. The van der Waals surface area contributed by atoms with Gasteiger partial charge in [-0.1, -0.05) is 6.92 Å². The molecule has 0 unspecified atom stereocenters. The Morgan fingerprint density at radius 3 is 2.26 bits per heavy atom. The lowest BCUT2D eigenvalue weighted by Crippen LogP contribution is -2.50. The van der Waals surface area contributed by atoms with Crippen LogP contribution in [0.4, 0.5) is 5.69 Å². The summed E-state index contributed by atoms with van der Waals surface area (Å²) in [7, 11) is 1.65. The Hall–Kier alpha value is -4.47. The molecule has 4 aromatic rings. The number of carbonyl (C=O) groups excluding carboxylic acids is 1. The first kappa shape index (κ1) is 25.2. The van der Waals surface area contributed by atoms with Gasteiger partial charge in [0, 0.05) is 44.1 Å². The highest BCUT2D eigenvalue weighted by molar-refractivity contribution is 5.82. The number of methoxy groups -OCH3 is 1. The summed E-state index contributed by atoms with van der Waals surface area (Å²) >= 11 is 0. The van der Waals surface area contributed by atoms with Crippen LogP contribution in [-0.2, 0) is 11.3 Å². The summed E-state index contributed by atoms with van der Waals surface area (Å²) in [6, 6.07) is 17.0. The van der Waals surface area contributed by atoms with Crippen LogP contribution in [0.3, 0.4) is 0 Å². The SMILES string of the molecule is CCCn1c(=O)[nH]c(=O)c2[nH]c(-c3ccc(OCC(=O)N4CCN(c5ccc(OC)cc5)CC4)cc3)cc21. The number of carbonyl (C=O) groups is 1. The standard InChI is InChI=1S/C28H31N5O5/c1-3-12-33-24-17-23(29-26(24)27(35)30-28(33)36)19-4-8-22(9-5-19)38-18-25(34)32-15-13-31(14-16-32)20-6-10-21(37-2)11-7-20/h4-11,17,29H,3,12-16,18H2,1-2H3,(H,30,35,36).